The Morgan fingerprint density at radius 3 is 1.23 bits per heavy atom. The molecule has 0 bridgehead atoms. The van der Waals surface area contributed by atoms with Crippen molar-refractivity contribution in [2.24, 2.45) is 0 Å². The van der Waals surface area contributed by atoms with Gasteiger partial charge in [0.2, 0.25) is 0 Å². The van der Waals surface area contributed by atoms with Crippen molar-refractivity contribution in [1.29, 1.82) is 0 Å². The summed E-state index contributed by atoms with van der Waals surface area (Å²) in [6.45, 7) is 0. The Morgan fingerprint density at radius 2 is 0.643 bits per heavy atom. The van der Waals surface area contributed by atoms with Gasteiger partial charge in [0.1, 0.15) is 0 Å². The van der Waals surface area contributed by atoms with Crippen LogP contribution in [0.4, 0.5) is 17.1 Å². The third kappa shape index (κ3) is 4.81. The summed E-state index contributed by atoms with van der Waals surface area (Å²) in [7, 11) is 0. The largest absolute Gasteiger partial charge is 0.309 e. The Labute approximate surface area is 328 Å². The first-order chi connectivity index (χ1) is 27.8. The predicted molar refractivity (Wildman–Crippen MR) is 234 cm³/mol. The number of anilines is 3. The molecule has 1 nitrogen and oxygen atoms in total. The first-order valence-electron chi connectivity index (χ1n) is 19.4. The van der Waals surface area contributed by atoms with Crippen LogP contribution >= 0.6 is 0 Å². The highest BCUT2D eigenvalue weighted by atomic mass is 15.1. The number of nitrogens with zero attached hydrogens (tertiary/aromatic N) is 1. The summed E-state index contributed by atoms with van der Waals surface area (Å²) in [5, 5.41) is 0. The number of fused-ring (bicyclic) bond motifs is 10. The summed E-state index contributed by atoms with van der Waals surface area (Å²) in [5.74, 6) is 0. The van der Waals surface area contributed by atoms with Gasteiger partial charge in [-0.3, -0.25) is 0 Å². The van der Waals surface area contributed by atoms with Crippen LogP contribution < -0.4 is 4.90 Å². The van der Waals surface area contributed by atoms with Gasteiger partial charge >= 0.3 is 0 Å². The lowest BCUT2D eigenvalue weighted by atomic mass is 9.70. The summed E-state index contributed by atoms with van der Waals surface area (Å²) in [6, 6.07) is 82.4. The van der Waals surface area contributed by atoms with Gasteiger partial charge in [-0.1, -0.05) is 200 Å². The van der Waals surface area contributed by atoms with Gasteiger partial charge in [0.15, 0.2) is 0 Å². The zero-order valence-electron chi connectivity index (χ0n) is 30.8. The van der Waals surface area contributed by atoms with Crippen LogP contribution in [0.1, 0.15) is 22.3 Å². The lowest BCUT2D eigenvalue weighted by Crippen LogP contribution is -2.26. The number of hydrogen-bond acceptors (Lipinski definition) is 1. The second kappa shape index (κ2) is 13.0. The van der Waals surface area contributed by atoms with Crippen molar-refractivity contribution >= 4 is 17.1 Å². The van der Waals surface area contributed by atoms with Crippen molar-refractivity contribution in [2.75, 3.05) is 4.90 Å². The molecule has 9 aromatic carbocycles. The summed E-state index contributed by atoms with van der Waals surface area (Å²) in [5.41, 5.74) is 20.7. The molecule has 0 atom stereocenters. The van der Waals surface area contributed by atoms with E-state index in [-0.39, 0.29) is 0 Å². The molecular weight excluding hydrogens is 675 g/mol. The molecule has 0 heterocycles. The number of hydrogen-bond donors (Lipinski definition) is 0. The fraction of sp³-hybridized carbons (Fsp3) is 0.0182. The number of benzene rings is 9. The zero-order chi connectivity index (χ0) is 37.1. The van der Waals surface area contributed by atoms with Crippen LogP contribution in [0.2, 0.25) is 0 Å². The lowest BCUT2D eigenvalue weighted by molar-refractivity contribution is 0.794. The molecule has 56 heavy (non-hydrogen) atoms. The van der Waals surface area contributed by atoms with Gasteiger partial charge < -0.3 is 4.90 Å². The molecule has 2 aliphatic carbocycles. The Balaban J connectivity index is 1.16. The molecule has 0 aromatic heterocycles. The molecule has 1 heteroatoms. The van der Waals surface area contributed by atoms with Gasteiger partial charge in [0, 0.05) is 16.8 Å². The van der Waals surface area contributed by atoms with Crippen LogP contribution in [0.3, 0.4) is 0 Å². The Kier molecular flexibility index (Phi) is 7.47. The van der Waals surface area contributed by atoms with Gasteiger partial charge in [0.25, 0.3) is 0 Å². The van der Waals surface area contributed by atoms with Crippen LogP contribution in [-0.2, 0) is 5.41 Å². The summed E-state index contributed by atoms with van der Waals surface area (Å²) in [6.07, 6.45) is 0. The van der Waals surface area contributed by atoms with E-state index in [0.29, 0.717) is 0 Å². The normalized spacial score (nSPS) is 12.8. The standard InChI is InChI=1S/C55H37N/c1-3-16-38(17-4-1)40-30-32-42(33-31-40)44-20-10-14-28-52(44)56(43-36-34-41(35-37-43)39-18-5-2-6-19-39)53-29-15-27-51-54(53)47-23-9-13-26-50(47)55(51)48-24-11-7-21-45(48)46-22-8-12-25-49(46)55/h1-37H. The van der Waals surface area contributed by atoms with Crippen molar-refractivity contribution < 1.29 is 0 Å². The third-order valence-electron chi connectivity index (χ3n) is 11.9. The van der Waals surface area contributed by atoms with Crippen molar-refractivity contribution in [3.05, 3.63) is 247 Å². The molecule has 0 saturated carbocycles. The van der Waals surface area contributed by atoms with E-state index in [1.807, 2.05) is 0 Å². The maximum atomic E-state index is 2.50. The minimum atomic E-state index is -0.426. The average molecular weight is 712 g/mol. The molecule has 11 rings (SSSR count). The molecule has 0 amide bonds. The van der Waals surface area contributed by atoms with Crippen LogP contribution in [-0.4, -0.2) is 0 Å². The van der Waals surface area contributed by atoms with Crippen molar-refractivity contribution in [2.45, 2.75) is 5.41 Å². The van der Waals surface area contributed by atoms with Crippen molar-refractivity contribution in [3.8, 4) is 55.6 Å². The Morgan fingerprint density at radius 1 is 0.250 bits per heavy atom. The Bertz CT molecular complexity index is 2840. The Hall–Kier alpha value is -7.22. The van der Waals surface area contributed by atoms with Gasteiger partial charge in [-0.2, -0.15) is 0 Å². The predicted octanol–water partition coefficient (Wildman–Crippen LogP) is 14.5. The monoisotopic (exact) mass is 711 g/mol. The molecule has 0 fully saturated rings. The van der Waals surface area contributed by atoms with Crippen LogP contribution in [0.5, 0.6) is 0 Å². The molecule has 0 saturated heterocycles. The summed E-state index contributed by atoms with van der Waals surface area (Å²) in [4.78, 5) is 2.50. The molecule has 0 aliphatic heterocycles. The highest BCUT2D eigenvalue weighted by molar-refractivity contribution is 6.02. The van der Waals surface area contributed by atoms with E-state index in [2.05, 4.69) is 229 Å². The first kappa shape index (κ1) is 32.2. The molecule has 1 spiro atoms. The van der Waals surface area contributed by atoms with Gasteiger partial charge in [-0.25, -0.2) is 0 Å². The molecule has 0 N–H and O–H groups in total. The molecule has 0 radical (unpaired) electrons. The maximum Gasteiger partial charge on any atom is 0.0726 e. The molecule has 9 aromatic rings. The smallest absolute Gasteiger partial charge is 0.0726 e. The number of para-hydroxylation sites is 1. The van der Waals surface area contributed by atoms with E-state index in [1.54, 1.807) is 0 Å². The van der Waals surface area contributed by atoms with Gasteiger partial charge in [0.05, 0.1) is 16.8 Å². The minimum absolute atomic E-state index is 0.426. The fourth-order valence-corrected chi connectivity index (χ4v) is 9.54. The second-order valence-corrected chi connectivity index (χ2v) is 14.8. The van der Waals surface area contributed by atoms with E-state index in [4.69, 9.17) is 0 Å². The van der Waals surface area contributed by atoms with Crippen molar-refractivity contribution in [3.63, 3.8) is 0 Å². The first-order valence-corrected chi connectivity index (χ1v) is 19.4. The lowest BCUT2D eigenvalue weighted by Gasteiger charge is -2.32. The van der Waals surface area contributed by atoms with Crippen molar-refractivity contribution in [1.82, 2.24) is 0 Å². The number of rotatable bonds is 6. The van der Waals surface area contributed by atoms with E-state index < -0.39 is 5.41 Å². The third-order valence-corrected chi connectivity index (χ3v) is 11.9. The topological polar surface area (TPSA) is 3.24 Å². The van der Waals surface area contributed by atoms with E-state index in [0.717, 1.165) is 17.1 Å². The van der Waals surface area contributed by atoms with Gasteiger partial charge in [-0.05, 0) is 91.0 Å². The van der Waals surface area contributed by atoms with E-state index in [9.17, 15) is 0 Å². The fourth-order valence-electron chi connectivity index (χ4n) is 9.54. The summed E-state index contributed by atoms with van der Waals surface area (Å²) < 4.78 is 0. The minimum Gasteiger partial charge on any atom is -0.309 e. The molecule has 2 aliphatic rings. The van der Waals surface area contributed by atoms with E-state index >= 15 is 0 Å². The SMILES string of the molecule is c1ccc(-c2ccc(-c3ccccc3N(c3ccc(-c4ccccc4)cc3)c3cccc4c3-c3ccccc3C43c4ccccc4-c4ccccc43)cc2)cc1. The van der Waals surface area contributed by atoms with Crippen LogP contribution in [0.15, 0.2) is 224 Å². The zero-order valence-corrected chi connectivity index (χ0v) is 30.8. The van der Waals surface area contributed by atoms with Crippen LogP contribution in [0, 0.1) is 0 Å². The summed E-state index contributed by atoms with van der Waals surface area (Å²) >= 11 is 0. The van der Waals surface area contributed by atoms with Gasteiger partial charge in [-0.15, -0.1) is 0 Å². The highest BCUT2D eigenvalue weighted by Crippen LogP contribution is 2.64. The quantitative estimate of drug-likeness (QED) is 0.166. The average Bonchev–Trinajstić information content (AvgIpc) is 3.76. The molecule has 0 unspecified atom stereocenters. The second-order valence-electron chi connectivity index (χ2n) is 14.8. The molecular formula is C55H37N. The molecule has 262 valence electrons. The maximum absolute atomic E-state index is 2.50. The van der Waals surface area contributed by atoms with E-state index in [1.165, 1.54) is 77.9 Å². The van der Waals surface area contributed by atoms with Crippen LogP contribution in [0.25, 0.3) is 55.6 Å². The highest BCUT2D eigenvalue weighted by Gasteiger charge is 2.52.